The van der Waals surface area contributed by atoms with Crippen molar-refractivity contribution < 1.29 is 4.74 Å². The van der Waals surface area contributed by atoms with Crippen molar-refractivity contribution in [3.63, 3.8) is 0 Å². The van der Waals surface area contributed by atoms with Gasteiger partial charge < -0.3 is 10.1 Å². The van der Waals surface area contributed by atoms with Crippen LogP contribution < -0.4 is 10.1 Å². The van der Waals surface area contributed by atoms with E-state index in [1.54, 1.807) is 11.0 Å². The zero-order chi connectivity index (χ0) is 14.5. The van der Waals surface area contributed by atoms with Crippen LogP contribution in [0.1, 0.15) is 31.9 Å². The molecule has 5 nitrogen and oxygen atoms in total. The normalized spacial score (nSPS) is 12.4. The lowest BCUT2D eigenvalue weighted by Gasteiger charge is -2.17. The summed E-state index contributed by atoms with van der Waals surface area (Å²) in [6.07, 6.45) is 2.71. The van der Waals surface area contributed by atoms with Gasteiger partial charge in [0.2, 0.25) is 0 Å². The Morgan fingerprint density at radius 2 is 2.25 bits per heavy atom. The van der Waals surface area contributed by atoms with E-state index in [1.165, 1.54) is 0 Å². The van der Waals surface area contributed by atoms with Gasteiger partial charge in [-0.05, 0) is 32.0 Å². The second-order valence-corrected chi connectivity index (χ2v) is 5.58. The second kappa shape index (κ2) is 6.85. The lowest BCUT2D eigenvalue weighted by atomic mass is 10.1. The van der Waals surface area contributed by atoms with Gasteiger partial charge in [0.15, 0.2) is 0 Å². The summed E-state index contributed by atoms with van der Waals surface area (Å²) < 4.78 is 8.38. The summed E-state index contributed by atoms with van der Waals surface area (Å²) in [6, 6.07) is 6.57. The fourth-order valence-electron chi connectivity index (χ4n) is 1.89. The Bertz CT molecular complexity index is 570. The SMILES string of the molecule is CCCNC(C)c1ccc(Br)cc1Oc1ncn(C)n1. The van der Waals surface area contributed by atoms with E-state index in [9.17, 15) is 0 Å². The predicted octanol–water partition coefficient (Wildman–Crippen LogP) is 3.43. The smallest absolute Gasteiger partial charge is 0.340 e. The van der Waals surface area contributed by atoms with Gasteiger partial charge >= 0.3 is 6.01 Å². The summed E-state index contributed by atoms with van der Waals surface area (Å²) >= 11 is 3.47. The van der Waals surface area contributed by atoms with Crippen LogP contribution in [0.25, 0.3) is 0 Å². The summed E-state index contributed by atoms with van der Waals surface area (Å²) in [5.41, 5.74) is 1.09. The van der Waals surface area contributed by atoms with E-state index < -0.39 is 0 Å². The van der Waals surface area contributed by atoms with Crippen molar-refractivity contribution in [1.29, 1.82) is 0 Å². The van der Waals surface area contributed by atoms with Crippen molar-refractivity contribution in [3.05, 3.63) is 34.6 Å². The number of hydrogen-bond acceptors (Lipinski definition) is 4. The summed E-state index contributed by atoms with van der Waals surface area (Å²) in [7, 11) is 1.81. The molecule has 0 bridgehead atoms. The Labute approximate surface area is 127 Å². The molecule has 0 aliphatic carbocycles. The highest BCUT2D eigenvalue weighted by Gasteiger charge is 2.14. The van der Waals surface area contributed by atoms with E-state index in [-0.39, 0.29) is 6.04 Å². The lowest BCUT2D eigenvalue weighted by Crippen LogP contribution is -2.19. The van der Waals surface area contributed by atoms with Crippen LogP contribution in [0.3, 0.4) is 0 Å². The van der Waals surface area contributed by atoms with Gasteiger partial charge in [-0.25, -0.2) is 0 Å². The summed E-state index contributed by atoms with van der Waals surface area (Å²) in [5.74, 6) is 0.765. The van der Waals surface area contributed by atoms with Crippen molar-refractivity contribution in [2.45, 2.75) is 26.3 Å². The molecule has 108 valence electrons. The van der Waals surface area contributed by atoms with Crippen molar-refractivity contribution in [1.82, 2.24) is 20.1 Å². The summed E-state index contributed by atoms with van der Waals surface area (Å²) in [5, 5.41) is 7.60. The first kappa shape index (κ1) is 15.0. The predicted molar refractivity (Wildman–Crippen MR) is 81.9 cm³/mol. The Balaban J connectivity index is 2.23. The number of benzene rings is 1. The van der Waals surface area contributed by atoms with Crippen LogP contribution in [0.2, 0.25) is 0 Å². The number of aromatic nitrogens is 3. The average Bonchev–Trinajstić information content (AvgIpc) is 2.81. The zero-order valence-corrected chi connectivity index (χ0v) is 13.5. The molecular formula is C14H19BrN4O. The Hall–Kier alpha value is -1.40. The quantitative estimate of drug-likeness (QED) is 0.876. The number of aryl methyl sites for hydroxylation is 1. The molecule has 1 atom stereocenters. The number of rotatable bonds is 6. The topological polar surface area (TPSA) is 52.0 Å². The molecule has 0 spiro atoms. The van der Waals surface area contributed by atoms with E-state index in [0.29, 0.717) is 6.01 Å². The maximum Gasteiger partial charge on any atom is 0.340 e. The highest BCUT2D eigenvalue weighted by atomic mass is 79.9. The number of nitrogens with zero attached hydrogens (tertiary/aromatic N) is 3. The molecule has 1 unspecified atom stereocenters. The molecule has 1 heterocycles. The Kier molecular flexibility index (Phi) is 5.14. The van der Waals surface area contributed by atoms with Crippen LogP contribution >= 0.6 is 15.9 Å². The number of ether oxygens (including phenoxy) is 1. The van der Waals surface area contributed by atoms with E-state index >= 15 is 0 Å². The van der Waals surface area contributed by atoms with Crippen molar-refractivity contribution in [2.24, 2.45) is 7.05 Å². The first-order valence-electron chi connectivity index (χ1n) is 6.66. The van der Waals surface area contributed by atoms with Crippen LogP contribution in [-0.2, 0) is 7.05 Å². The molecule has 0 aliphatic rings. The van der Waals surface area contributed by atoms with Gasteiger partial charge in [0.05, 0.1) is 0 Å². The summed E-state index contributed by atoms with van der Waals surface area (Å²) in [6.45, 7) is 5.24. The largest absolute Gasteiger partial charge is 0.423 e. The third-order valence-electron chi connectivity index (χ3n) is 2.92. The van der Waals surface area contributed by atoms with Gasteiger partial charge in [0.25, 0.3) is 0 Å². The molecule has 6 heteroatoms. The fourth-order valence-corrected chi connectivity index (χ4v) is 2.23. The third kappa shape index (κ3) is 3.80. The van der Waals surface area contributed by atoms with E-state index in [0.717, 1.165) is 28.8 Å². The van der Waals surface area contributed by atoms with Gasteiger partial charge in [-0.2, -0.15) is 4.98 Å². The number of halogens is 1. The van der Waals surface area contributed by atoms with Gasteiger partial charge in [-0.3, -0.25) is 4.68 Å². The molecule has 0 amide bonds. The molecule has 20 heavy (non-hydrogen) atoms. The zero-order valence-electron chi connectivity index (χ0n) is 11.9. The standard InChI is InChI=1S/C14H19BrN4O/c1-4-7-16-10(2)12-6-5-11(15)8-13(12)20-14-17-9-19(3)18-14/h5-6,8-10,16H,4,7H2,1-3H3. The Morgan fingerprint density at radius 3 is 2.90 bits per heavy atom. The third-order valence-corrected chi connectivity index (χ3v) is 3.42. The van der Waals surface area contributed by atoms with Crippen LogP contribution in [-0.4, -0.2) is 21.3 Å². The van der Waals surface area contributed by atoms with Gasteiger partial charge in [0.1, 0.15) is 12.1 Å². The van der Waals surface area contributed by atoms with Crippen LogP contribution in [0.4, 0.5) is 0 Å². The van der Waals surface area contributed by atoms with E-state index in [1.807, 2.05) is 19.2 Å². The molecule has 2 aromatic rings. The molecule has 2 rings (SSSR count). The highest BCUT2D eigenvalue weighted by Crippen LogP contribution is 2.31. The first-order valence-corrected chi connectivity index (χ1v) is 7.45. The lowest BCUT2D eigenvalue weighted by molar-refractivity contribution is 0.424. The molecule has 0 radical (unpaired) electrons. The van der Waals surface area contributed by atoms with Gasteiger partial charge in [-0.15, -0.1) is 5.10 Å². The molecule has 0 saturated heterocycles. The summed E-state index contributed by atoms with van der Waals surface area (Å²) in [4.78, 5) is 4.10. The Morgan fingerprint density at radius 1 is 1.45 bits per heavy atom. The fraction of sp³-hybridized carbons (Fsp3) is 0.429. The molecule has 1 N–H and O–H groups in total. The minimum atomic E-state index is 0.210. The van der Waals surface area contributed by atoms with Gasteiger partial charge in [0, 0.05) is 23.1 Å². The van der Waals surface area contributed by atoms with Crippen LogP contribution in [0, 0.1) is 0 Å². The van der Waals surface area contributed by atoms with E-state index in [2.05, 4.69) is 51.2 Å². The maximum atomic E-state index is 5.80. The average molecular weight is 339 g/mol. The maximum absolute atomic E-state index is 5.80. The minimum absolute atomic E-state index is 0.210. The molecular weight excluding hydrogens is 320 g/mol. The molecule has 1 aromatic carbocycles. The van der Waals surface area contributed by atoms with Crippen molar-refractivity contribution in [3.8, 4) is 11.8 Å². The van der Waals surface area contributed by atoms with E-state index in [4.69, 9.17) is 4.74 Å². The highest BCUT2D eigenvalue weighted by molar-refractivity contribution is 9.10. The number of hydrogen-bond donors (Lipinski definition) is 1. The van der Waals surface area contributed by atoms with Crippen molar-refractivity contribution >= 4 is 15.9 Å². The molecule has 1 aromatic heterocycles. The molecule has 0 aliphatic heterocycles. The molecule has 0 fully saturated rings. The first-order chi connectivity index (χ1) is 9.60. The minimum Gasteiger partial charge on any atom is -0.423 e. The molecule has 0 saturated carbocycles. The second-order valence-electron chi connectivity index (χ2n) is 4.66. The van der Waals surface area contributed by atoms with Gasteiger partial charge in [-0.1, -0.05) is 28.9 Å². The van der Waals surface area contributed by atoms with Crippen molar-refractivity contribution in [2.75, 3.05) is 6.54 Å². The van der Waals surface area contributed by atoms with Crippen LogP contribution in [0.5, 0.6) is 11.8 Å². The monoisotopic (exact) mass is 338 g/mol. The number of nitrogens with one attached hydrogen (secondary N) is 1. The van der Waals surface area contributed by atoms with Crippen LogP contribution in [0.15, 0.2) is 29.0 Å².